The number of aryl methyl sites for hydroxylation is 1. The Morgan fingerprint density at radius 3 is 2.75 bits per heavy atom. The van der Waals surface area contributed by atoms with Crippen LogP contribution in [0.5, 0.6) is 0 Å². The zero-order chi connectivity index (χ0) is 5.98. The highest BCUT2D eigenvalue weighted by Gasteiger charge is 1.90. The SMILES string of the molecule is Cc1cc[nH+]cc1N. The maximum absolute atomic E-state index is 5.49. The van der Waals surface area contributed by atoms with Gasteiger partial charge in [0.15, 0.2) is 12.4 Å². The van der Waals surface area contributed by atoms with Crippen LogP contribution < -0.4 is 10.7 Å². The van der Waals surface area contributed by atoms with Crippen molar-refractivity contribution < 1.29 is 4.98 Å². The Balaban J connectivity index is 3.13. The van der Waals surface area contributed by atoms with Gasteiger partial charge in [0.05, 0.1) is 5.69 Å². The molecule has 2 nitrogen and oxygen atoms in total. The van der Waals surface area contributed by atoms with Crippen LogP contribution in [0.3, 0.4) is 0 Å². The van der Waals surface area contributed by atoms with E-state index in [1.807, 2.05) is 19.2 Å². The minimum absolute atomic E-state index is 0.813. The quantitative estimate of drug-likeness (QED) is 0.514. The van der Waals surface area contributed by atoms with Crippen molar-refractivity contribution >= 4 is 5.69 Å². The molecule has 1 aromatic rings. The molecule has 0 radical (unpaired) electrons. The number of H-pyrrole nitrogens is 1. The van der Waals surface area contributed by atoms with Crippen molar-refractivity contribution in [3.63, 3.8) is 0 Å². The number of nitrogens with two attached hydrogens (primary N) is 1. The zero-order valence-corrected chi connectivity index (χ0v) is 4.81. The molecule has 0 bridgehead atoms. The smallest absolute Gasteiger partial charge is 0.190 e. The lowest BCUT2D eigenvalue weighted by atomic mass is 10.3. The minimum atomic E-state index is 0.813. The first kappa shape index (κ1) is 5.09. The third-order valence-electron chi connectivity index (χ3n) is 1.12. The molecule has 0 unspecified atom stereocenters. The van der Waals surface area contributed by atoms with E-state index < -0.39 is 0 Å². The third kappa shape index (κ3) is 0.780. The monoisotopic (exact) mass is 109 g/mol. The standard InChI is InChI=1S/C6H8N2/c1-5-2-3-8-4-6(5)7/h2-4H,7H2,1H3/p+1. The summed E-state index contributed by atoms with van der Waals surface area (Å²) in [6.45, 7) is 1.98. The number of rotatable bonds is 0. The summed E-state index contributed by atoms with van der Waals surface area (Å²) in [6.07, 6.45) is 3.63. The maximum atomic E-state index is 5.49. The van der Waals surface area contributed by atoms with Gasteiger partial charge in [-0.25, -0.2) is 4.98 Å². The van der Waals surface area contributed by atoms with Gasteiger partial charge in [0, 0.05) is 6.07 Å². The number of aromatic amines is 1. The molecule has 1 aromatic heterocycles. The second-order valence-corrected chi connectivity index (χ2v) is 1.78. The summed E-state index contributed by atoms with van der Waals surface area (Å²) < 4.78 is 0. The van der Waals surface area contributed by atoms with E-state index in [0.717, 1.165) is 11.3 Å². The second-order valence-electron chi connectivity index (χ2n) is 1.78. The third-order valence-corrected chi connectivity index (χ3v) is 1.12. The molecule has 0 saturated carbocycles. The minimum Gasteiger partial charge on any atom is -0.394 e. The van der Waals surface area contributed by atoms with Crippen LogP contribution in [-0.2, 0) is 0 Å². The van der Waals surface area contributed by atoms with E-state index in [1.165, 1.54) is 0 Å². The van der Waals surface area contributed by atoms with Crippen molar-refractivity contribution in [3.8, 4) is 0 Å². The van der Waals surface area contributed by atoms with Crippen LogP contribution in [0.1, 0.15) is 5.56 Å². The maximum Gasteiger partial charge on any atom is 0.190 e. The van der Waals surface area contributed by atoms with E-state index >= 15 is 0 Å². The van der Waals surface area contributed by atoms with E-state index in [-0.39, 0.29) is 0 Å². The van der Waals surface area contributed by atoms with Crippen LogP contribution in [0.4, 0.5) is 5.69 Å². The predicted molar refractivity (Wildman–Crippen MR) is 32.1 cm³/mol. The number of nitrogen functional groups attached to an aromatic ring is 1. The molecule has 3 N–H and O–H groups in total. The van der Waals surface area contributed by atoms with E-state index in [1.54, 1.807) is 6.20 Å². The van der Waals surface area contributed by atoms with Crippen molar-refractivity contribution in [1.82, 2.24) is 0 Å². The number of hydrogen-bond acceptors (Lipinski definition) is 1. The molecule has 0 spiro atoms. The number of nitrogens with one attached hydrogen (secondary N) is 1. The van der Waals surface area contributed by atoms with Gasteiger partial charge in [-0.05, 0) is 12.5 Å². The molecule has 0 aliphatic rings. The first-order chi connectivity index (χ1) is 3.80. The Hall–Kier alpha value is -1.05. The molecule has 0 fully saturated rings. The van der Waals surface area contributed by atoms with Crippen LogP contribution in [0.25, 0.3) is 0 Å². The van der Waals surface area contributed by atoms with Crippen LogP contribution in [-0.4, -0.2) is 0 Å². The number of aromatic nitrogens is 1. The normalized spacial score (nSPS) is 9.12. The lowest BCUT2D eigenvalue weighted by Crippen LogP contribution is -2.02. The molecule has 2 heteroatoms. The van der Waals surface area contributed by atoms with Crippen LogP contribution >= 0.6 is 0 Å². The van der Waals surface area contributed by atoms with E-state index in [2.05, 4.69) is 4.98 Å². The van der Waals surface area contributed by atoms with Gasteiger partial charge in [0.2, 0.25) is 0 Å². The molecule has 0 aromatic carbocycles. The van der Waals surface area contributed by atoms with Gasteiger partial charge >= 0.3 is 0 Å². The van der Waals surface area contributed by atoms with Crippen LogP contribution in [0, 0.1) is 6.92 Å². The summed E-state index contributed by atoms with van der Waals surface area (Å²) in [5, 5.41) is 0. The van der Waals surface area contributed by atoms with Gasteiger partial charge < -0.3 is 5.73 Å². The average molecular weight is 109 g/mol. The fourth-order valence-electron chi connectivity index (χ4n) is 0.521. The average Bonchev–Trinajstić information content (AvgIpc) is 1.77. The topological polar surface area (TPSA) is 40.2 Å². The molecule has 0 atom stereocenters. The Bertz CT molecular complexity index is 163. The lowest BCUT2D eigenvalue weighted by Gasteiger charge is -1.88. The molecule has 0 aliphatic heterocycles. The summed E-state index contributed by atoms with van der Waals surface area (Å²) >= 11 is 0. The van der Waals surface area contributed by atoms with Crippen molar-refractivity contribution in [2.45, 2.75) is 6.92 Å². The number of anilines is 1. The Morgan fingerprint density at radius 2 is 2.38 bits per heavy atom. The Kier molecular flexibility index (Phi) is 1.16. The van der Waals surface area contributed by atoms with Crippen LogP contribution in [0.2, 0.25) is 0 Å². The van der Waals surface area contributed by atoms with Crippen molar-refractivity contribution in [2.75, 3.05) is 5.73 Å². The molecular formula is C6H9N2+. The zero-order valence-electron chi connectivity index (χ0n) is 4.81. The molecular weight excluding hydrogens is 100 g/mol. The van der Waals surface area contributed by atoms with Gasteiger partial charge in [-0.3, -0.25) is 0 Å². The molecule has 1 rings (SSSR count). The molecule has 1 heterocycles. The largest absolute Gasteiger partial charge is 0.394 e. The van der Waals surface area contributed by atoms with Gasteiger partial charge in [0.25, 0.3) is 0 Å². The highest BCUT2D eigenvalue weighted by atomic mass is 14.7. The summed E-state index contributed by atoms with van der Waals surface area (Å²) in [7, 11) is 0. The lowest BCUT2D eigenvalue weighted by molar-refractivity contribution is -0.377. The highest BCUT2D eigenvalue weighted by molar-refractivity contribution is 5.40. The summed E-state index contributed by atoms with van der Waals surface area (Å²) in [5.41, 5.74) is 7.42. The molecule has 0 saturated heterocycles. The molecule has 0 amide bonds. The van der Waals surface area contributed by atoms with Crippen molar-refractivity contribution in [2.24, 2.45) is 0 Å². The Labute approximate surface area is 48.4 Å². The van der Waals surface area contributed by atoms with E-state index in [0.29, 0.717) is 0 Å². The highest BCUT2D eigenvalue weighted by Crippen LogP contribution is 2.01. The fraction of sp³-hybridized carbons (Fsp3) is 0.167. The van der Waals surface area contributed by atoms with Gasteiger partial charge in [-0.1, -0.05) is 0 Å². The van der Waals surface area contributed by atoms with E-state index in [4.69, 9.17) is 5.73 Å². The number of hydrogen-bond donors (Lipinski definition) is 1. The summed E-state index contributed by atoms with van der Waals surface area (Å²) in [6, 6.07) is 1.94. The molecule has 0 aliphatic carbocycles. The second kappa shape index (κ2) is 1.82. The van der Waals surface area contributed by atoms with Crippen LogP contribution in [0.15, 0.2) is 18.5 Å². The molecule has 8 heavy (non-hydrogen) atoms. The van der Waals surface area contributed by atoms with E-state index in [9.17, 15) is 0 Å². The number of pyridine rings is 1. The van der Waals surface area contributed by atoms with Gasteiger partial charge in [-0.15, -0.1) is 0 Å². The molecule has 42 valence electrons. The predicted octanol–water partition coefficient (Wildman–Crippen LogP) is 0.391. The summed E-state index contributed by atoms with van der Waals surface area (Å²) in [4.78, 5) is 2.88. The summed E-state index contributed by atoms with van der Waals surface area (Å²) in [5.74, 6) is 0. The van der Waals surface area contributed by atoms with Crippen molar-refractivity contribution in [3.05, 3.63) is 24.0 Å². The van der Waals surface area contributed by atoms with Crippen molar-refractivity contribution in [1.29, 1.82) is 0 Å². The first-order valence-electron chi connectivity index (χ1n) is 2.53. The van der Waals surface area contributed by atoms with Gasteiger partial charge in [-0.2, -0.15) is 0 Å². The fourth-order valence-corrected chi connectivity index (χ4v) is 0.521. The first-order valence-corrected chi connectivity index (χ1v) is 2.53. The van der Waals surface area contributed by atoms with Gasteiger partial charge in [0.1, 0.15) is 0 Å². The Morgan fingerprint density at radius 1 is 1.62 bits per heavy atom.